The van der Waals surface area contributed by atoms with E-state index in [9.17, 15) is 18.0 Å². The van der Waals surface area contributed by atoms with Gasteiger partial charge in [-0.2, -0.15) is 4.31 Å². The van der Waals surface area contributed by atoms with Gasteiger partial charge in [-0.25, -0.2) is 13.4 Å². The molecule has 0 spiro atoms. The average Bonchev–Trinajstić information content (AvgIpc) is 3.18. The smallest absolute Gasteiger partial charge is 0.312 e. The van der Waals surface area contributed by atoms with Crippen molar-refractivity contribution in [2.75, 3.05) is 52.5 Å². The molecule has 4 heterocycles. The predicted molar refractivity (Wildman–Crippen MR) is 98.8 cm³/mol. The molecule has 1 N–H and O–H groups in total. The van der Waals surface area contributed by atoms with Crippen molar-refractivity contribution < 1.29 is 22.7 Å². The minimum absolute atomic E-state index is 0.136. The molecule has 4 rings (SSSR count). The van der Waals surface area contributed by atoms with Crippen molar-refractivity contribution >= 4 is 32.9 Å². The Kier molecular flexibility index (Phi) is 5.04. The SMILES string of the molecule is O=C(C(=O)N1CCN(S(=O)(=O)c2c[nH]c3ncccc23)CC1)N1CCOCC1. The number of piperazine rings is 1. The van der Waals surface area contributed by atoms with Crippen LogP contribution in [0, 0.1) is 0 Å². The van der Waals surface area contributed by atoms with Crippen LogP contribution in [0.1, 0.15) is 0 Å². The van der Waals surface area contributed by atoms with E-state index in [1.807, 2.05) is 0 Å². The summed E-state index contributed by atoms with van der Waals surface area (Å²) in [5.74, 6) is -1.14. The molecule has 2 fully saturated rings. The number of aromatic nitrogens is 2. The van der Waals surface area contributed by atoms with Crippen molar-refractivity contribution in [3.8, 4) is 0 Å². The summed E-state index contributed by atoms with van der Waals surface area (Å²) in [4.78, 5) is 34.9. The van der Waals surface area contributed by atoms with Crippen molar-refractivity contribution in [3.63, 3.8) is 0 Å². The summed E-state index contributed by atoms with van der Waals surface area (Å²) in [6, 6.07) is 3.38. The second-order valence-corrected chi connectivity index (χ2v) is 8.56. The molecular weight excluding hydrogens is 386 g/mol. The van der Waals surface area contributed by atoms with Gasteiger partial charge in [0, 0.05) is 57.0 Å². The number of nitrogens with zero attached hydrogens (tertiary/aromatic N) is 4. The topological polar surface area (TPSA) is 116 Å². The van der Waals surface area contributed by atoms with Gasteiger partial charge in [0.2, 0.25) is 10.0 Å². The molecule has 28 heavy (non-hydrogen) atoms. The fourth-order valence-electron chi connectivity index (χ4n) is 3.45. The molecule has 0 unspecified atom stereocenters. The Labute approximate surface area is 162 Å². The molecular formula is C17H21N5O5S. The number of carbonyl (C=O) groups excluding carboxylic acids is 2. The Balaban J connectivity index is 1.43. The number of nitrogens with one attached hydrogen (secondary N) is 1. The van der Waals surface area contributed by atoms with Gasteiger partial charge in [0.25, 0.3) is 0 Å². The summed E-state index contributed by atoms with van der Waals surface area (Å²) in [5.41, 5.74) is 0.506. The molecule has 150 valence electrons. The molecule has 2 aliphatic rings. The molecule has 0 aliphatic carbocycles. The molecule has 0 saturated carbocycles. The maximum absolute atomic E-state index is 13.0. The molecule has 2 aromatic rings. The first-order chi connectivity index (χ1) is 13.5. The number of sulfonamides is 1. The highest BCUT2D eigenvalue weighted by molar-refractivity contribution is 7.89. The van der Waals surface area contributed by atoms with Crippen LogP contribution in [0.3, 0.4) is 0 Å². The van der Waals surface area contributed by atoms with E-state index in [0.717, 1.165) is 0 Å². The van der Waals surface area contributed by atoms with E-state index >= 15 is 0 Å². The van der Waals surface area contributed by atoms with Crippen molar-refractivity contribution in [1.82, 2.24) is 24.1 Å². The first-order valence-electron chi connectivity index (χ1n) is 9.06. The third-order valence-corrected chi connectivity index (χ3v) is 6.98. The molecule has 0 atom stereocenters. The summed E-state index contributed by atoms with van der Waals surface area (Å²) in [6.07, 6.45) is 3.03. The van der Waals surface area contributed by atoms with Gasteiger partial charge in [0.05, 0.1) is 13.2 Å². The van der Waals surface area contributed by atoms with Gasteiger partial charge in [0.1, 0.15) is 10.5 Å². The lowest BCUT2D eigenvalue weighted by molar-refractivity contribution is -0.154. The third kappa shape index (κ3) is 3.36. The number of morpholine rings is 1. The van der Waals surface area contributed by atoms with E-state index < -0.39 is 21.8 Å². The van der Waals surface area contributed by atoms with Crippen LogP contribution in [0.5, 0.6) is 0 Å². The first kappa shape index (κ1) is 18.8. The second kappa shape index (κ2) is 7.49. The highest BCUT2D eigenvalue weighted by Gasteiger charge is 2.35. The molecule has 0 aromatic carbocycles. The summed E-state index contributed by atoms with van der Waals surface area (Å²) >= 11 is 0. The lowest BCUT2D eigenvalue weighted by Crippen LogP contribution is -2.55. The van der Waals surface area contributed by atoms with E-state index in [1.165, 1.54) is 20.3 Å². The Morgan fingerprint density at radius 2 is 1.64 bits per heavy atom. The number of carbonyl (C=O) groups is 2. The first-order valence-corrected chi connectivity index (χ1v) is 10.5. The van der Waals surface area contributed by atoms with Crippen LogP contribution >= 0.6 is 0 Å². The van der Waals surface area contributed by atoms with Crippen molar-refractivity contribution in [2.45, 2.75) is 4.90 Å². The number of hydrogen-bond donors (Lipinski definition) is 1. The van der Waals surface area contributed by atoms with E-state index in [0.29, 0.717) is 37.3 Å². The van der Waals surface area contributed by atoms with Crippen LogP contribution in [-0.2, 0) is 24.3 Å². The van der Waals surface area contributed by atoms with Gasteiger partial charge in [-0.1, -0.05) is 0 Å². The zero-order chi connectivity index (χ0) is 19.7. The quantitative estimate of drug-likeness (QED) is 0.655. The predicted octanol–water partition coefficient (Wildman–Crippen LogP) is -0.745. The van der Waals surface area contributed by atoms with Gasteiger partial charge in [-0.3, -0.25) is 9.59 Å². The number of aromatic amines is 1. The van der Waals surface area contributed by atoms with E-state index in [4.69, 9.17) is 4.74 Å². The van der Waals surface area contributed by atoms with Crippen molar-refractivity contribution in [1.29, 1.82) is 0 Å². The number of hydrogen-bond acceptors (Lipinski definition) is 6. The second-order valence-electron chi connectivity index (χ2n) is 6.65. The van der Waals surface area contributed by atoms with Gasteiger partial charge in [0.15, 0.2) is 0 Å². The highest BCUT2D eigenvalue weighted by atomic mass is 32.2. The van der Waals surface area contributed by atoms with Crippen molar-refractivity contribution in [3.05, 3.63) is 24.5 Å². The van der Waals surface area contributed by atoms with Gasteiger partial charge in [-0.05, 0) is 12.1 Å². The number of amides is 2. The summed E-state index contributed by atoms with van der Waals surface area (Å²) in [7, 11) is -3.72. The normalized spacial score (nSPS) is 19.1. The maximum Gasteiger partial charge on any atom is 0.312 e. The molecule has 0 radical (unpaired) electrons. The minimum Gasteiger partial charge on any atom is -0.378 e. The molecule has 2 amide bonds. The zero-order valence-electron chi connectivity index (χ0n) is 15.2. The number of ether oxygens (including phenoxy) is 1. The lowest BCUT2D eigenvalue weighted by Gasteiger charge is -2.35. The molecule has 10 nitrogen and oxygen atoms in total. The lowest BCUT2D eigenvalue weighted by atomic mass is 10.3. The molecule has 11 heteroatoms. The standard InChI is InChI=1S/C17H21N5O5S/c23-16(17(24)21-8-10-27-11-9-21)20-4-6-22(7-5-20)28(25,26)14-12-19-15-13(14)2-1-3-18-15/h1-3,12H,4-11H2,(H,18,19). The Hall–Kier alpha value is -2.50. The number of rotatable bonds is 2. The molecule has 0 bridgehead atoms. The Morgan fingerprint density at radius 3 is 2.32 bits per heavy atom. The number of H-pyrrole nitrogens is 1. The summed E-state index contributed by atoms with van der Waals surface area (Å²) in [5, 5.41) is 0.531. The zero-order valence-corrected chi connectivity index (χ0v) is 16.0. The summed E-state index contributed by atoms with van der Waals surface area (Å²) in [6.45, 7) is 2.26. The van der Waals surface area contributed by atoms with E-state index in [2.05, 4.69) is 9.97 Å². The monoisotopic (exact) mass is 407 g/mol. The Bertz CT molecular complexity index is 990. The maximum atomic E-state index is 13.0. The van der Waals surface area contributed by atoms with Gasteiger partial charge in [-0.15, -0.1) is 0 Å². The highest BCUT2D eigenvalue weighted by Crippen LogP contribution is 2.25. The Morgan fingerprint density at radius 1 is 1.00 bits per heavy atom. The fraction of sp³-hybridized carbons (Fsp3) is 0.471. The van der Waals surface area contributed by atoms with E-state index in [1.54, 1.807) is 18.3 Å². The molecule has 2 aliphatic heterocycles. The third-order valence-electron chi connectivity index (χ3n) is 5.04. The molecule has 2 aromatic heterocycles. The van der Waals surface area contributed by atoms with Crippen molar-refractivity contribution in [2.24, 2.45) is 0 Å². The fourth-order valence-corrected chi connectivity index (χ4v) is 5.02. The number of pyridine rings is 1. The van der Waals surface area contributed by atoms with Crippen LogP contribution in [0.15, 0.2) is 29.4 Å². The number of fused-ring (bicyclic) bond motifs is 1. The van der Waals surface area contributed by atoms with E-state index in [-0.39, 0.29) is 31.1 Å². The van der Waals surface area contributed by atoms with Crippen LogP contribution in [0.25, 0.3) is 11.0 Å². The van der Waals surface area contributed by atoms with Crippen LogP contribution in [0.2, 0.25) is 0 Å². The summed E-state index contributed by atoms with van der Waals surface area (Å²) < 4.78 is 32.5. The van der Waals surface area contributed by atoms with Crippen LogP contribution < -0.4 is 0 Å². The molecule has 2 saturated heterocycles. The largest absolute Gasteiger partial charge is 0.378 e. The van der Waals surface area contributed by atoms with Gasteiger partial charge < -0.3 is 19.5 Å². The average molecular weight is 407 g/mol. The van der Waals surface area contributed by atoms with Crippen LogP contribution in [-0.4, -0.2) is 96.8 Å². The van der Waals surface area contributed by atoms with Crippen LogP contribution in [0.4, 0.5) is 0 Å². The minimum atomic E-state index is -3.72. The van der Waals surface area contributed by atoms with Gasteiger partial charge >= 0.3 is 11.8 Å².